The number of hydrogen-bond donors (Lipinski definition) is 2. The third-order valence-electron chi connectivity index (χ3n) is 5.52. The van der Waals surface area contributed by atoms with Crippen LogP contribution in [-0.4, -0.2) is 59.6 Å². The molecule has 1 fully saturated rings. The number of carboxylic acids is 1. The molecule has 31 heavy (non-hydrogen) atoms. The molecular formula is C22H26Cl2N4O3. The first-order valence-corrected chi connectivity index (χ1v) is 11.0. The van der Waals surface area contributed by atoms with E-state index in [1.54, 1.807) is 24.3 Å². The molecule has 0 saturated carbocycles. The largest absolute Gasteiger partial charge is 0.481 e. The highest BCUT2D eigenvalue weighted by atomic mass is 35.5. The van der Waals surface area contributed by atoms with Crippen molar-refractivity contribution >= 4 is 46.6 Å². The lowest BCUT2D eigenvalue weighted by atomic mass is 10.0. The summed E-state index contributed by atoms with van der Waals surface area (Å²) in [6, 6.07) is 8.90. The van der Waals surface area contributed by atoms with Gasteiger partial charge in [0.15, 0.2) is 0 Å². The van der Waals surface area contributed by atoms with Gasteiger partial charge in [0.05, 0.1) is 10.6 Å². The van der Waals surface area contributed by atoms with Crippen molar-refractivity contribution in [3.63, 3.8) is 0 Å². The third kappa shape index (κ3) is 6.56. The molecule has 0 bridgehead atoms. The van der Waals surface area contributed by atoms with Gasteiger partial charge in [0.2, 0.25) is 0 Å². The van der Waals surface area contributed by atoms with Crippen LogP contribution >= 0.6 is 23.2 Å². The quantitative estimate of drug-likeness (QED) is 0.601. The van der Waals surface area contributed by atoms with Crippen molar-refractivity contribution in [3.8, 4) is 0 Å². The number of anilines is 2. The van der Waals surface area contributed by atoms with Crippen LogP contribution in [0.3, 0.4) is 0 Å². The number of piperidine rings is 1. The Balaban J connectivity index is 1.66. The number of hydrogen-bond acceptors (Lipinski definition) is 5. The Morgan fingerprint density at radius 2 is 1.90 bits per heavy atom. The average Bonchev–Trinajstić information content (AvgIpc) is 2.75. The third-order valence-corrected chi connectivity index (χ3v) is 5.98. The lowest BCUT2D eigenvalue weighted by Gasteiger charge is -2.38. The molecule has 9 heteroatoms. The Morgan fingerprint density at radius 1 is 1.19 bits per heavy atom. The second kappa shape index (κ2) is 10.8. The predicted molar refractivity (Wildman–Crippen MR) is 123 cm³/mol. The maximum absolute atomic E-state index is 13.0. The van der Waals surface area contributed by atoms with Gasteiger partial charge in [0, 0.05) is 49.5 Å². The van der Waals surface area contributed by atoms with Crippen LogP contribution in [0.1, 0.15) is 36.0 Å². The van der Waals surface area contributed by atoms with Crippen molar-refractivity contribution in [1.82, 2.24) is 9.88 Å². The standard InChI is InChI=1S/C22H26Cl2N4O3/c1-27(17-8-11-28(12-9-17)10-2-3-21(29)30)19-6-4-15(23)13-18(19)22(31)26-20-7-5-16(24)14-25-20/h4-7,13-14,17H,2-3,8-12H2,1H3,(H,29,30)(H,25,26,31). The molecule has 3 rings (SSSR count). The normalized spacial score (nSPS) is 14.9. The fourth-order valence-corrected chi connectivity index (χ4v) is 4.10. The van der Waals surface area contributed by atoms with Crippen LogP contribution in [0.25, 0.3) is 0 Å². The smallest absolute Gasteiger partial charge is 0.303 e. The molecule has 166 valence electrons. The second-order valence-electron chi connectivity index (χ2n) is 7.66. The molecule has 2 aromatic rings. The summed E-state index contributed by atoms with van der Waals surface area (Å²) in [4.78, 5) is 32.2. The lowest BCUT2D eigenvalue weighted by molar-refractivity contribution is -0.137. The first-order valence-electron chi connectivity index (χ1n) is 10.2. The van der Waals surface area contributed by atoms with Crippen LogP contribution in [0.5, 0.6) is 0 Å². The topological polar surface area (TPSA) is 85.8 Å². The zero-order chi connectivity index (χ0) is 22.4. The van der Waals surface area contributed by atoms with Crippen LogP contribution in [0.15, 0.2) is 36.5 Å². The summed E-state index contributed by atoms with van der Waals surface area (Å²) in [5, 5.41) is 12.6. The molecule has 1 aromatic carbocycles. The summed E-state index contributed by atoms with van der Waals surface area (Å²) in [6.07, 6.45) is 4.21. The van der Waals surface area contributed by atoms with E-state index in [1.165, 1.54) is 6.20 Å². The summed E-state index contributed by atoms with van der Waals surface area (Å²) >= 11 is 12.0. The minimum absolute atomic E-state index is 0.200. The van der Waals surface area contributed by atoms with Gasteiger partial charge in [-0.15, -0.1) is 0 Å². The number of carbonyl (C=O) groups excluding carboxylic acids is 1. The first-order chi connectivity index (χ1) is 14.8. The minimum atomic E-state index is -0.753. The summed E-state index contributed by atoms with van der Waals surface area (Å²) in [5.41, 5.74) is 1.29. The number of pyridine rings is 1. The van der Waals surface area contributed by atoms with Gasteiger partial charge >= 0.3 is 5.97 Å². The minimum Gasteiger partial charge on any atom is -0.481 e. The van der Waals surface area contributed by atoms with Crippen molar-refractivity contribution in [2.45, 2.75) is 31.7 Å². The fraction of sp³-hybridized carbons (Fsp3) is 0.409. The summed E-state index contributed by atoms with van der Waals surface area (Å²) in [7, 11) is 1.99. The first kappa shape index (κ1) is 23.3. The summed E-state index contributed by atoms with van der Waals surface area (Å²) in [6.45, 7) is 2.60. The van der Waals surface area contributed by atoms with Crippen molar-refractivity contribution in [1.29, 1.82) is 0 Å². The molecule has 0 unspecified atom stereocenters. The fourth-order valence-electron chi connectivity index (χ4n) is 3.81. The number of halogens is 2. The van der Waals surface area contributed by atoms with Gasteiger partial charge in [-0.1, -0.05) is 23.2 Å². The molecule has 7 nitrogen and oxygen atoms in total. The van der Waals surface area contributed by atoms with Gasteiger partial charge in [-0.05, 0) is 56.1 Å². The second-order valence-corrected chi connectivity index (χ2v) is 8.53. The number of carbonyl (C=O) groups is 2. The van der Waals surface area contributed by atoms with E-state index in [4.69, 9.17) is 28.3 Å². The van der Waals surface area contributed by atoms with Crippen molar-refractivity contribution in [2.75, 3.05) is 36.9 Å². The van der Waals surface area contributed by atoms with E-state index in [9.17, 15) is 9.59 Å². The lowest BCUT2D eigenvalue weighted by Crippen LogP contribution is -2.44. The number of aromatic nitrogens is 1. The maximum Gasteiger partial charge on any atom is 0.303 e. The zero-order valence-corrected chi connectivity index (χ0v) is 18.9. The van der Waals surface area contributed by atoms with Crippen LogP contribution in [0.4, 0.5) is 11.5 Å². The zero-order valence-electron chi connectivity index (χ0n) is 17.4. The monoisotopic (exact) mass is 464 g/mol. The number of likely N-dealkylation sites (tertiary alicyclic amines) is 1. The number of rotatable bonds is 8. The number of amides is 1. The van der Waals surface area contributed by atoms with E-state index >= 15 is 0 Å². The maximum atomic E-state index is 13.0. The van der Waals surface area contributed by atoms with E-state index in [0.29, 0.717) is 27.8 Å². The summed E-state index contributed by atoms with van der Waals surface area (Å²) < 4.78 is 0. The van der Waals surface area contributed by atoms with E-state index in [2.05, 4.69) is 20.1 Å². The van der Waals surface area contributed by atoms with Crippen molar-refractivity contribution in [2.24, 2.45) is 0 Å². The molecule has 1 aliphatic rings. The highest BCUT2D eigenvalue weighted by Crippen LogP contribution is 2.29. The van der Waals surface area contributed by atoms with Crippen molar-refractivity contribution in [3.05, 3.63) is 52.1 Å². The Kier molecular flexibility index (Phi) is 8.12. The molecule has 1 amide bonds. The molecular weight excluding hydrogens is 439 g/mol. The Morgan fingerprint density at radius 3 is 2.55 bits per heavy atom. The number of benzene rings is 1. The van der Waals surface area contributed by atoms with Gasteiger partial charge in [-0.3, -0.25) is 9.59 Å². The average molecular weight is 465 g/mol. The number of carboxylic acid groups (broad SMARTS) is 1. The molecule has 0 radical (unpaired) electrons. The van der Waals surface area contributed by atoms with E-state index in [1.807, 2.05) is 13.1 Å². The Hall–Kier alpha value is -2.35. The number of nitrogens with zero attached hydrogens (tertiary/aromatic N) is 3. The highest BCUT2D eigenvalue weighted by molar-refractivity contribution is 6.31. The van der Waals surface area contributed by atoms with Gasteiger partial charge in [0.25, 0.3) is 5.91 Å². The Labute approximate surface area is 192 Å². The highest BCUT2D eigenvalue weighted by Gasteiger charge is 2.25. The number of aliphatic carboxylic acids is 1. The SMILES string of the molecule is CN(c1ccc(Cl)cc1C(=O)Nc1ccc(Cl)cn1)C1CCN(CCCC(=O)O)CC1. The van der Waals surface area contributed by atoms with Gasteiger partial charge < -0.3 is 20.2 Å². The van der Waals surface area contributed by atoms with Gasteiger partial charge in [-0.25, -0.2) is 4.98 Å². The number of nitrogens with one attached hydrogen (secondary N) is 1. The van der Waals surface area contributed by atoms with Crippen LogP contribution in [0, 0.1) is 0 Å². The molecule has 1 aromatic heterocycles. The molecule has 2 heterocycles. The van der Waals surface area contributed by atoms with E-state index < -0.39 is 5.97 Å². The molecule has 0 atom stereocenters. The molecule has 1 aliphatic heterocycles. The van der Waals surface area contributed by atoms with Crippen LogP contribution in [0.2, 0.25) is 10.0 Å². The predicted octanol–water partition coefficient (Wildman–Crippen LogP) is 4.41. The molecule has 1 saturated heterocycles. The van der Waals surface area contributed by atoms with E-state index in [0.717, 1.165) is 38.2 Å². The van der Waals surface area contributed by atoms with Crippen LogP contribution in [-0.2, 0) is 4.79 Å². The van der Waals surface area contributed by atoms with Crippen molar-refractivity contribution < 1.29 is 14.7 Å². The molecule has 0 aliphatic carbocycles. The Bertz CT molecular complexity index is 915. The van der Waals surface area contributed by atoms with Gasteiger partial charge in [-0.2, -0.15) is 0 Å². The van der Waals surface area contributed by atoms with Gasteiger partial charge in [0.1, 0.15) is 5.82 Å². The van der Waals surface area contributed by atoms with E-state index in [-0.39, 0.29) is 18.4 Å². The molecule has 2 N–H and O–H groups in total. The summed E-state index contributed by atoms with van der Waals surface area (Å²) in [5.74, 6) is -0.625. The molecule has 0 spiro atoms. The van der Waals surface area contributed by atoms with Crippen LogP contribution < -0.4 is 10.2 Å².